The van der Waals surface area contributed by atoms with Gasteiger partial charge in [-0.25, -0.2) is 8.42 Å². The molecule has 168 valence electrons. The van der Waals surface area contributed by atoms with E-state index in [1.807, 2.05) is 0 Å². The molecule has 2 aromatic carbocycles. The smallest absolute Gasteiger partial charge is 0.416 e. The quantitative estimate of drug-likeness (QED) is 0.618. The largest absolute Gasteiger partial charge is 0.495 e. The third-order valence-electron chi connectivity index (χ3n) is 4.83. The van der Waals surface area contributed by atoms with Crippen molar-refractivity contribution in [3.63, 3.8) is 0 Å². The molecular weight excluding hydrogens is 435 g/mol. The summed E-state index contributed by atoms with van der Waals surface area (Å²) in [5.74, 6) is -0.434. The van der Waals surface area contributed by atoms with Crippen LogP contribution in [-0.2, 0) is 21.0 Å². The Morgan fingerprint density at radius 3 is 2.58 bits per heavy atom. The molecule has 3 N–H and O–H groups in total. The van der Waals surface area contributed by atoms with Crippen molar-refractivity contribution in [2.45, 2.75) is 23.9 Å². The molecule has 1 fully saturated rings. The lowest BCUT2D eigenvalue weighted by atomic mass is 9.99. The number of halogens is 3. The van der Waals surface area contributed by atoms with Gasteiger partial charge in [0, 0.05) is 24.0 Å². The highest BCUT2D eigenvalue weighted by Crippen LogP contribution is 2.33. The molecule has 7 nitrogen and oxygen atoms in total. The Morgan fingerprint density at radius 2 is 1.94 bits per heavy atom. The molecule has 1 amide bonds. The van der Waals surface area contributed by atoms with Crippen molar-refractivity contribution < 1.29 is 31.1 Å². The summed E-state index contributed by atoms with van der Waals surface area (Å²) in [6.45, 7) is 1.43. The van der Waals surface area contributed by atoms with Gasteiger partial charge in [0.05, 0.1) is 18.6 Å². The molecule has 2 aromatic rings. The highest BCUT2D eigenvalue weighted by Gasteiger charge is 2.31. The van der Waals surface area contributed by atoms with E-state index in [4.69, 9.17) is 4.74 Å². The van der Waals surface area contributed by atoms with Gasteiger partial charge in [0.2, 0.25) is 5.91 Å². The lowest BCUT2D eigenvalue weighted by Gasteiger charge is -2.22. The number of piperidine rings is 1. The van der Waals surface area contributed by atoms with Crippen LogP contribution in [-0.4, -0.2) is 34.5 Å². The molecular formula is C20H22F3N3O4S. The van der Waals surface area contributed by atoms with Gasteiger partial charge >= 0.3 is 6.18 Å². The Hall–Kier alpha value is -2.79. The highest BCUT2D eigenvalue weighted by molar-refractivity contribution is 7.92. The zero-order chi connectivity index (χ0) is 22.6. The molecule has 1 saturated heterocycles. The predicted octanol–water partition coefficient (Wildman–Crippen LogP) is 3.45. The van der Waals surface area contributed by atoms with Crippen molar-refractivity contribution in [3.05, 3.63) is 48.0 Å². The maximum atomic E-state index is 12.9. The van der Waals surface area contributed by atoms with E-state index in [1.54, 1.807) is 0 Å². The number of methoxy groups -OCH3 is 1. The van der Waals surface area contributed by atoms with E-state index in [2.05, 4.69) is 15.4 Å². The van der Waals surface area contributed by atoms with Gasteiger partial charge in [-0.3, -0.25) is 9.52 Å². The number of rotatable bonds is 6. The molecule has 1 atom stereocenters. The number of benzene rings is 2. The number of alkyl halides is 3. The Morgan fingerprint density at radius 1 is 1.16 bits per heavy atom. The topological polar surface area (TPSA) is 96.5 Å². The summed E-state index contributed by atoms with van der Waals surface area (Å²) in [7, 11) is -2.99. The molecule has 1 heterocycles. The summed E-state index contributed by atoms with van der Waals surface area (Å²) >= 11 is 0. The number of amides is 1. The average molecular weight is 457 g/mol. The first-order valence-corrected chi connectivity index (χ1v) is 11.0. The summed E-state index contributed by atoms with van der Waals surface area (Å²) in [6, 6.07) is 7.85. The SMILES string of the molecule is COc1cc(NC(=O)[C@@H]2CCCNC2)ccc1S(=O)(=O)Nc1cccc(C(F)(F)F)c1. The van der Waals surface area contributed by atoms with Gasteiger partial charge in [-0.05, 0) is 49.7 Å². The van der Waals surface area contributed by atoms with Gasteiger partial charge in [-0.1, -0.05) is 6.07 Å². The number of hydrogen-bond acceptors (Lipinski definition) is 5. The zero-order valence-electron chi connectivity index (χ0n) is 16.6. The van der Waals surface area contributed by atoms with Gasteiger partial charge < -0.3 is 15.4 Å². The summed E-state index contributed by atoms with van der Waals surface area (Å²) in [5.41, 5.74) is -0.862. The first-order chi connectivity index (χ1) is 14.6. The number of carbonyl (C=O) groups is 1. The monoisotopic (exact) mass is 457 g/mol. The fourth-order valence-corrected chi connectivity index (χ4v) is 4.46. The van der Waals surface area contributed by atoms with Crippen LogP contribution in [0.1, 0.15) is 18.4 Å². The Labute approximate surface area is 178 Å². The number of carbonyl (C=O) groups excluding carboxylic acids is 1. The van der Waals surface area contributed by atoms with Crippen molar-refractivity contribution in [1.82, 2.24) is 5.32 Å². The van der Waals surface area contributed by atoms with Crippen LogP contribution in [0.3, 0.4) is 0 Å². The molecule has 11 heteroatoms. The molecule has 3 rings (SSSR count). The normalized spacial score (nSPS) is 17.1. The molecule has 0 aliphatic carbocycles. The molecule has 0 saturated carbocycles. The highest BCUT2D eigenvalue weighted by atomic mass is 32.2. The number of hydrogen-bond donors (Lipinski definition) is 3. The number of sulfonamides is 1. The average Bonchev–Trinajstić information content (AvgIpc) is 2.73. The molecule has 0 spiro atoms. The second kappa shape index (κ2) is 9.15. The molecule has 1 aliphatic heterocycles. The molecule has 0 radical (unpaired) electrons. The van der Waals surface area contributed by atoms with Gasteiger partial charge in [0.25, 0.3) is 10.0 Å². The molecule has 0 aromatic heterocycles. The van der Waals surface area contributed by atoms with E-state index in [1.165, 1.54) is 31.4 Å². The standard InChI is InChI=1S/C20H22F3N3O4S/c1-30-17-11-15(25-19(27)13-4-3-9-24-12-13)7-8-18(17)31(28,29)26-16-6-2-5-14(10-16)20(21,22)23/h2,5-8,10-11,13,24,26H,3-4,9,12H2,1H3,(H,25,27)/t13-/m1/s1. The second-order valence-corrected chi connectivity index (χ2v) is 8.73. The predicted molar refractivity (Wildman–Crippen MR) is 109 cm³/mol. The third-order valence-corrected chi connectivity index (χ3v) is 6.25. The first kappa shape index (κ1) is 22.9. The van der Waals surface area contributed by atoms with E-state index >= 15 is 0 Å². The minimum Gasteiger partial charge on any atom is -0.495 e. The van der Waals surface area contributed by atoms with Crippen LogP contribution in [0.15, 0.2) is 47.4 Å². The number of ether oxygens (including phenoxy) is 1. The number of anilines is 2. The maximum Gasteiger partial charge on any atom is 0.416 e. The van der Waals surface area contributed by atoms with Gasteiger partial charge in [0.15, 0.2) is 0 Å². The van der Waals surface area contributed by atoms with Crippen molar-refractivity contribution in [2.24, 2.45) is 5.92 Å². The van der Waals surface area contributed by atoms with E-state index in [9.17, 15) is 26.4 Å². The Kier molecular flexibility index (Phi) is 6.75. The summed E-state index contributed by atoms with van der Waals surface area (Å²) in [4.78, 5) is 12.1. The fourth-order valence-electron chi connectivity index (χ4n) is 3.26. The van der Waals surface area contributed by atoms with E-state index < -0.39 is 21.8 Å². The van der Waals surface area contributed by atoms with Crippen LogP contribution in [0.5, 0.6) is 5.75 Å². The van der Waals surface area contributed by atoms with Crippen LogP contribution in [0.2, 0.25) is 0 Å². The minimum absolute atomic E-state index is 0.0564. The van der Waals surface area contributed by atoms with E-state index in [0.29, 0.717) is 18.3 Å². The van der Waals surface area contributed by atoms with E-state index in [0.717, 1.165) is 31.5 Å². The minimum atomic E-state index is -4.60. The van der Waals surface area contributed by atoms with Crippen LogP contribution in [0, 0.1) is 5.92 Å². The molecule has 1 aliphatic rings. The van der Waals surface area contributed by atoms with Gasteiger partial charge in [0.1, 0.15) is 10.6 Å². The molecule has 31 heavy (non-hydrogen) atoms. The van der Waals surface area contributed by atoms with Crippen LogP contribution < -0.4 is 20.1 Å². The molecule has 0 bridgehead atoms. The first-order valence-electron chi connectivity index (χ1n) is 9.50. The fraction of sp³-hybridized carbons (Fsp3) is 0.350. The van der Waals surface area contributed by atoms with Crippen LogP contribution in [0.25, 0.3) is 0 Å². The Bertz CT molecular complexity index is 1050. The second-order valence-electron chi connectivity index (χ2n) is 7.08. The van der Waals surface area contributed by atoms with Crippen molar-refractivity contribution >= 4 is 27.3 Å². The van der Waals surface area contributed by atoms with Crippen molar-refractivity contribution in [1.29, 1.82) is 0 Å². The van der Waals surface area contributed by atoms with Crippen LogP contribution >= 0.6 is 0 Å². The van der Waals surface area contributed by atoms with Crippen molar-refractivity contribution in [3.8, 4) is 5.75 Å². The van der Waals surface area contributed by atoms with Crippen molar-refractivity contribution in [2.75, 3.05) is 30.2 Å². The van der Waals surface area contributed by atoms with Gasteiger partial charge in [-0.2, -0.15) is 13.2 Å². The van der Waals surface area contributed by atoms with E-state index in [-0.39, 0.29) is 28.2 Å². The number of nitrogens with one attached hydrogen (secondary N) is 3. The lowest BCUT2D eigenvalue weighted by molar-refractivity contribution is -0.137. The summed E-state index contributed by atoms with van der Waals surface area (Å²) < 4.78 is 71.5. The summed E-state index contributed by atoms with van der Waals surface area (Å²) in [6.07, 6.45) is -2.96. The maximum absolute atomic E-state index is 12.9. The molecule has 0 unspecified atom stereocenters. The Balaban J connectivity index is 1.80. The zero-order valence-corrected chi connectivity index (χ0v) is 17.4. The summed E-state index contributed by atoms with van der Waals surface area (Å²) in [5, 5.41) is 5.89. The van der Waals surface area contributed by atoms with Crippen LogP contribution in [0.4, 0.5) is 24.5 Å². The van der Waals surface area contributed by atoms with Gasteiger partial charge in [-0.15, -0.1) is 0 Å². The third kappa shape index (κ3) is 5.67. The lowest BCUT2D eigenvalue weighted by Crippen LogP contribution is -2.37.